The molecule has 4 heteroatoms. The molecule has 0 saturated carbocycles. The highest BCUT2D eigenvalue weighted by Gasteiger charge is 2.23. The van der Waals surface area contributed by atoms with Gasteiger partial charge in [-0.1, -0.05) is 12.1 Å². The molecule has 19 heavy (non-hydrogen) atoms. The van der Waals surface area contributed by atoms with E-state index in [1.165, 1.54) is 0 Å². The summed E-state index contributed by atoms with van der Waals surface area (Å²) >= 11 is 5.80. The Balaban J connectivity index is 1.97. The molecule has 0 radical (unpaired) electrons. The first-order valence-electron chi connectivity index (χ1n) is 6.80. The van der Waals surface area contributed by atoms with E-state index in [0.29, 0.717) is 12.0 Å². The molecule has 104 valence electrons. The van der Waals surface area contributed by atoms with Crippen molar-refractivity contribution >= 4 is 17.5 Å². The van der Waals surface area contributed by atoms with Crippen LogP contribution in [0.5, 0.6) is 0 Å². The van der Waals surface area contributed by atoms with Crippen LogP contribution in [0.25, 0.3) is 0 Å². The zero-order valence-electron chi connectivity index (χ0n) is 11.3. The van der Waals surface area contributed by atoms with Crippen LogP contribution in [0.1, 0.15) is 35.7 Å². The van der Waals surface area contributed by atoms with Crippen molar-refractivity contribution in [3.8, 4) is 0 Å². The van der Waals surface area contributed by atoms with Crippen LogP contribution in [-0.2, 0) is 10.6 Å². The number of benzene rings is 1. The Hall–Kier alpha value is -1.06. The molecule has 1 saturated heterocycles. The molecule has 0 aliphatic carbocycles. The highest BCUT2D eigenvalue weighted by molar-refractivity contribution is 6.17. The number of amides is 1. The van der Waals surface area contributed by atoms with E-state index in [4.69, 9.17) is 16.3 Å². The molecule has 3 nitrogen and oxygen atoms in total. The smallest absolute Gasteiger partial charge is 0.253 e. The molecule has 1 aliphatic rings. The van der Waals surface area contributed by atoms with Crippen molar-refractivity contribution in [2.24, 2.45) is 0 Å². The summed E-state index contributed by atoms with van der Waals surface area (Å²) in [6.45, 7) is 4.30. The lowest BCUT2D eigenvalue weighted by molar-refractivity contribution is 0.0146. The minimum Gasteiger partial charge on any atom is -0.378 e. The third-order valence-electron chi connectivity index (χ3n) is 3.46. The summed E-state index contributed by atoms with van der Waals surface area (Å²) in [7, 11) is 0. The van der Waals surface area contributed by atoms with Crippen molar-refractivity contribution in [3.63, 3.8) is 0 Å². The summed E-state index contributed by atoms with van der Waals surface area (Å²) < 4.78 is 5.60. The molecule has 1 heterocycles. The maximum Gasteiger partial charge on any atom is 0.253 e. The molecule has 1 amide bonds. The van der Waals surface area contributed by atoms with Crippen LogP contribution in [0, 0.1) is 0 Å². The number of carbonyl (C=O) groups is 1. The van der Waals surface area contributed by atoms with E-state index >= 15 is 0 Å². The maximum absolute atomic E-state index is 12.4. The first kappa shape index (κ1) is 14.4. The van der Waals surface area contributed by atoms with Crippen LogP contribution in [0.2, 0.25) is 0 Å². The highest BCUT2D eigenvalue weighted by atomic mass is 35.5. The third-order valence-corrected chi connectivity index (χ3v) is 3.77. The molecule has 1 aromatic carbocycles. The summed E-state index contributed by atoms with van der Waals surface area (Å²) in [5, 5.41) is 0. The maximum atomic E-state index is 12.4. The number of piperidine rings is 1. The molecule has 0 N–H and O–H groups in total. The van der Waals surface area contributed by atoms with Gasteiger partial charge in [-0.15, -0.1) is 11.6 Å². The van der Waals surface area contributed by atoms with Gasteiger partial charge in [0.15, 0.2) is 0 Å². The topological polar surface area (TPSA) is 29.5 Å². The van der Waals surface area contributed by atoms with E-state index < -0.39 is 0 Å². The monoisotopic (exact) mass is 281 g/mol. The standard InChI is InChI=1S/C15H20ClNO2/c1-2-19-14-6-8-17(9-7-14)15(18)13-5-3-4-12(10-13)11-16/h3-5,10,14H,2,6-9,11H2,1H3. The van der Waals surface area contributed by atoms with Gasteiger partial charge in [-0.2, -0.15) is 0 Å². The summed E-state index contributed by atoms with van der Waals surface area (Å²) in [4.78, 5) is 14.3. The average Bonchev–Trinajstić information content (AvgIpc) is 2.48. The zero-order chi connectivity index (χ0) is 13.7. The van der Waals surface area contributed by atoms with Crippen LogP contribution < -0.4 is 0 Å². The number of nitrogens with zero attached hydrogens (tertiary/aromatic N) is 1. The Morgan fingerprint density at radius 2 is 2.16 bits per heavy atom. The van der Waals surface area contributed by atoms with E-state index in [2.05, 4.69) is 0 Å². The van der Waals surface area contributed by atoms with Crippen LogP contribution in [0.4, 0.5) is 0 Å². The van der Waals surface area contributed by atoms with Crippen molar-refractivity contribution in [3.05, 3.63) is 35.4 Å². The van der Waals surface area contributed by atoms with Crippen LogP contribution in [0.15, 0.2) is 24.3 Å². The number of halogens is 1. The van der Waals surface area contributed by atoms with Crippen molar-refractivity contribution in [1.29, 1.82) is 0 Å². The lowest BCUT2D eigenvalue weighted by atomic mass is 10.1. The molecular formula is C15H20ClNO2. The Morgan fingerprint density at radius 3 is 2.79 bits per heavy atom. The molecule has 1 aromatic rings. The number of rotatable bonds is 4. The second-order valence-electron chi connectivity index (χ2n) is 4.78. The first-order chi connectivity index (χ1) is 9.24. The fraction of sp³-hybridized carbons (Fsp3) is 0.533. The molecule has 0 atom stereocenters. The SMILES string of the molecule is CCOC1CCN(C(=O)c2cccc(CCl)c2)CC1. The van der Waals surface area contributed by atoms with Crippen molar-refractivity contribution in [1.82, 2.24) is 4.90 Å². The van der Waals surface area contributed by atoms with Gasteiger partial charge in [0, 0.05) is 31.1 Å². The van der Waals surface area contributed by atoms with E-state index in [-0.39, 0.29) is 5.91 Å². The number of hydrogen-bond donors (Lipinski definition) is 0. The Bertz CT molecular complexity index is 428. The number of alkyl halides is 1. The third kappa shape index (κ3) is 3.71. The van der Waals surface area contributed by atoms with Gasteiger partial charge in [-0.3, -0.25) is 4.79 Å². The van der Waals surface area contributed by atoms with Gasteiger partial charge in [0.05, 0.1) is 6.10 Å². The number of likely N-dealkylation sites (tertiary alicyclic amines) is 1. The van der Waals surface area contributed by atoms with Gasteiger partial charge in [0.2, 0.25) is 0 Å². The number of hydrogen-bond acceptors (Lipinski definition) is 2. The highest BCUT2D eigenvalue weighted by Crippen LogP contribution is 2.17. The summed E-state index contributed by atoms with van der Waals surface area (Å²) in [5.41, 5.74) is 1.71. The number of ether oxygens (including phenoxy) is 1. The van der Waals surface area contributed by atoms with Crippen molar-refractivity contribution < 1.29 is 9.53 Å². The van der Waals surface area contributed by atoms with Gasteiger partial charge in [0.1, 0.15) is 0 Å². The minimum absolute atomic E-state index is 0.0990. The quantitative estimate of drug-likeness (QED) is 0.794. The molecular weight excluding hydrogens is 262 g/mol. The molecule has 1 aliphatic heterocycles. The predicted molar refractivity (Wildman–Crippen MR) is 76.6 cm³/mol. The Kier molecular flexibility index (Phi) is 5.23. The second-order valence-corrected chi connectivity index (χ2v) is 5.05. The minimum atomic E-state index is 0.0990. The van der Waals surface area contributed by atoms with Gasteiger partial charge >= 0.3 is 0 Å². The fourth-order valence-electron chi connectivity index (χ4n) is 2.43. The molecule has 1 fully saturated rings. The van der Waals surface area contributed by atoms with Gasteiger partial charge in [-0.25, -0.2) is 0 Å². The molecule has 0 unspecified atom stereocenters. The van der Waals surface area contributed by atoms with Crippen LogP contribution >= 0.6 is 11.6 Å². The predicted octanol–water partition coefficient (Wildman–Crippen LogP) is 3.07. The van der Waals surface area contributed by atoms with E-state index in [1.54, 1.807) is 0 Å². The van der Waals surface area contributed by atoms with E-state index in [9.17, 15) is 4.79 Å². The summed E-state index contributed by atoms with van der Waals surface area (Å²) in [6.07, 6.45) is 2.16. The lowest BCUT2D eigenvalue weighted by Gasteiger charge is -2.31. The largest absolute Gasteiger partial charge is 0.378 e. The average molecular weight is 282 g/mol. The first-order valence-corrected chi connectivity index (χ1v) is 7.33. The van der Waals surface area contributed by atoms with Crippen LogP contribution in [0.3, 0.4) is 0 Å². The Morgan fingerprint density at radius 1 is 1.42 bits per heavy atom. The normalized spacial score (nSPS) is 16.6. The van der Waals surface area contributed by atoms with Gasteiger partial charge in [0.25, 0.3) is 5.91 Å². The molecule has 2 rings (SSSR count). The second kappa shape index (κ2) is 6.92. The van der Waals surface area contributed by atoms with Crippen LogP contribution in [-0.4, -0.2) is 36.6 Å². The zero-order valence-corrected chi connectivity index (χ0v) is 12.0. The summed E-state index contributed by atoms with van der Waals surface area (Å²) in [6, 6.07) is 7.56. The molecule has 0 bridgehead atoms. The number of carbonyl (C=O) groups excluding carboxylic acids is 1. The molecule has 0 aromatic heterocycles. The van der Waals surface area contributed by atoms with E-state index in [0.717, 1.165) is 43.7 Å². The van der Waals surface area contributed by atoms with Crippen molar-refractivity contribution in [2.75, 3.05) is 19.7 Å². The fourth-order valence-corrected chi connectivity index (χ4v) is 2.60. The van der Waals surface area contributed by atoms with Gasteiger partial charge in [-0.05, 0) is 37.5 Å². The van der Waals surface area contributed by atoms with Gasteiger partial charge < -0.3 is 9.64 Å². The summed E-state index contributed by atoms with van der Waals surface area (Å²) in [5.74, 6) is 0.537. The molecule has 0 spiro atoms. The lowest BCUT2D eigenvalue weighted by Crippen LogP contribution is -2.40. The van der Waals surface area contributed by atoms with E-state index in [1.807, 2.05) is 36.1 Å². The Labute approximate surface area is 119 Å². The van der Waals surface area contributed by atoms with Crippen molar-refractivity contribution in [2.45, 2.75) is 31.7 Å².